The predicted octanol–water partition coefficient (Wildman–Crippen LogP) is 4.38. The minimum absolute atomic E-state index is 0.412. The van der Waals surface area contributed by atoms with Crippen molar-refractivity contribution in [3.63, 3.8) is 0 Å². The molecule has 2 heterocycles. The van der Waals surface area contributed by atoms with Crippen LogP contribution in [0, 0.1) is 0 Å². The van der Waals surface area contributed by atoms with Crippen LogP contribution >= 0.6 is 0 Å². The Kier molecular flexibility index (Phi) is 3.60. The van der Waals surface area contributed by atoms with E-state index in [0.29, 0.717) is 12.3 Å². The fraction of sp³-hybridized carbons (Fsp3) is 0.182. The number of benzene rings is 3. The van der Waals surface area contributed by atoms with E-state index in [4.69, 9.17) is 19.9 Å². The Morgan fingerprint density at radius 3 is 2.81 bits per heavy atom. The lowest BCUT2D eigenvalue weighted by Crippen LogP contribution is -2.18. The van der Waals surface area contributed by atoms with Crippen LogP contribution in [0.2, 0.25) is 0 Å². The first-order valence-corrected chi connectivity index (χ1v) is 8.98. The van der Waals surface area contributed by atoms with E-state index >= 15 is 0 Å². The minimum atomic E-state index is -0.412. The average molecular weight is 360 g/mol. The average Bonchev–Trinajstić information content (AvgIpc) is 3.07. The summed E-state index contributed by atoms with van der Waals surface area (Å²) in [5, 5.41) is 3.51. The van der Waals surface area contributed by atoms with Crippen molar-refractivity contribution in [1.29, 1.82) is 0 Å². The molecule has 3 aromatic rings. The second-order valence-corrected chi connectivity index (χ2v) is 6.74. The maximum atomic E-state index is 6.40. The van der Waals surface area contributed by atoms with Gasteiger partial charge in [0.1, 0.15) is 17.2 Å². The Morgan fingerprint density at radius 2 is 1.93 bits per heavy atom. The second kappa shape index (κ2) is 6.13. The number of rotatable bonds is 2. The first-order chi connectivity index (χ1) is 13.2. The highest BCUT2D eigenvalue weighted by atomic mass is 16.5. The number of fused-ring (bicyclic) bond motifs is 4. The molecule has 0 saturated carbocycles. The molecule has 0 aliphatic carbocycles. The smallest absolute Gasteiger partial charge is 0.198 e. The van der Waals surface area contributed by atoms with E-state index in [1.807, 2.05) is 36.4 Å². The van der Waals surface area contributed by atoms with Gasteiger partial charge in [0.05, 0.1) is 13.7 Å². The van der Waals surface area contributed by atoms with Gasteiger partial charge in [-0.1, -0.05) is 18.2 Å². The number of ether oxygens (including phenoxy) is 3. The highest BCUT2D eigenvalue weighted by molar-refractivity contribution is 5.83. The van der Waals surface area contributed by atoms with Crippen LogP contribution in [0.15, 0.2) is 54.6 Å². The van der Waals surface area contributed by atoms with Gasteiger partial charge in [0, 0.05) is 46.6 Å². The molecule has 0 radical (unpaired) electrons. The molecular weight excluding hydrogens is 340 g/mol. The quantitative estimate of drug-likeness (QED) is 0.664. The minimum Gasteiger partial charge on any atom is -0.497 e. The van der Waals surface area contributed by atoms with E-state index in [1.165, 1.54) is 0 Å². The van der Waals surface area contributed by atoms with Crippen molar-refractivity contribution >= 4 is 11.4 Å². The largest absolute Gasteiger partial charge is 0.497 e. The SMILES string of the molecule is COc1ccc2c(c1)OC(c1cc3c(cc1N)OCC3)Nc1ccccc1-2. The summed E-state index contributed by atoms with van der Waals surface area (Å²) in [5.74, 6) is 2.38. The van der Waals surface area contributed by atoms with E-state index < -0.39 is 6.23 Å². The second-order valence-electron chi connectivity index (χ2n) is 6.74. The summed E-state index contributed by atoms with van der Waals surface area (Å²) < 4.78 is 17.4. The zero-order valence-corrected chi connectivity index (χ0v) is 15.0. The van der Waals surface area contributed by atoms with Gasteiger partial charge in [0.15, 0.2) is 6.23 Å². The van der Waals surface area contributed by atoms with Gasteiger partial charge < -0.3 is 25.3 Å². The molecule has 0 amide bonds. The van der Waals surface area contributed by atoms with Crippen LogP contribution in [0.4, 0.5) is 11.4 Å². The Labute approximate surface area is 157 Å². The van der Waals surface area contributed by atoms with Gasteiger partial charge in [0.25, 0.3) is 0 Å². The Balaban J connectivity index is 1.66. The van der Waals surface area contributed by atoms with Crippen molar-refractivity contribution in [1.82, 2.24) is 0 Å². The van der Waals surface area contributed by atoms with Gasteiger partial charge in [-0.15, -0.1) is 0 Å². The number of hydrogen-bond donors (Lipinski definition) is 2. The topological polar surface area (TPSA) is 65.7 Å². The summed E-state index contributed by atoms with van der Waals surface area (Å²) in [6.45, 7) is 0.694. The summed E-state index contributed by atoms with van der Waals surface area (Å²) >= 11 is 0. The number of methoxy groups -OCH3 is 1. The molecule has 1 atom stereocenters. The number of anilines is 2. The molecule has 0 aromatic heterocycles. The Hall–Kier alpha value is -3.34. The summed E-state index contributed by atoms with van der Waals surface area (Å²) in [4.78, 5) is 0. The molecule has 0 spiro atoms. The van der Waals surface area contributed by atoms with Crippen LogP contribution in [-0.2, 0) is 6.42 Å². The van der Waals surface area contributed by atoms with E-state index in [2.05, 4.69) is 23.5 Å². The maximum Gasteiger partial charge on any atom is 0.198 e. The molecule has 2 aliphatic rings. The van der Waals surface area contributed by atoms with Gasteiger partial charge in [-0.05, 0) is 29.8 Å². The van der Waals surface area contributed by atoms with Crippen LogP contribution in [0.25, 0.3) is 11.1 Å². The maximum absolute atomic E-state index is 6.40. The Bertz CT molecular complexity index is 1030. The molecule has 5 rings (SSSR count). The number of para-hydroxylation sites is 1. The normalized spacial score (nSPS) is 16.7. The summed E-state index contributed by atoms with van der Waals surface area (Å²) in [7, 11) is 1.65. The third kappa shape index (κ3) is 2.63. The van der Waals surface area contributed by atoms with Crippen molar-refractivity contribution in [2.45, 2.75) is 12.6 Å². The molecule has 27 heavy (non-hydrogen) atoms. The van der Waals surface area contributed by atoms with Gasteiger partial charge in [-0.3, -0.25) is 0 Å². The molecule has 5 heteroatoms. The van der Waals surface area contributed by atoms with Gasteiger partial charge in [-0.25, -0.2) is 0 Å². The van der Waals surface area contributed by atoms with Crippen LogP contribution in [0.1, 0.15) is 17.4 Å². The van der Waals surface area contributed by atoms with Gasteiger partial charge in [0.2, 0.25) is 0 Å². The third-order valence-electron chi connectivity index (χ3n) is 5.12. The van der Waals surface area contributed by atoms with E-state index in [-0.39, 0.29) is 0 Å². The molecule has 0 saturated heterocycles. The zero-order chi connectivity index (χ0) is 18.4. The molecule has 0 bridgehead atoms. The lowest BCUT2D eigenvalue weighted by Gasteiger charge is -2.22. The first kappa shape index (κ1) is 15.9. The van der Waals surface area contributed by atoms with E-state index in [1.54, 1.807) is 7.11 Å². The van der Waals surface area contributed by atoms with Crippen molar-refractivity contribution in [2.24, 2.45) is 0 Å². The van der Waals surface area contributed by atoms with Crippen LogP contribution < -0.4 is 25.3 Å². The molecule has 0 fully saturated rings. The van der Waals surface area contributed by atoms with Crippen LogP contribution in [0.3, 0.4) is 0 Å². The molecule has 3 aromatic carbocycles. The molecule has 136 valence electrons. The highest BCUT2D eigenvalue weighted by Gasteiger charge is 2.26. The van der Waals surface area contributed by atoms with Gasteiger partial charge >= 0.3 is 0 Å². The summed E-state index contributed by atoms with van der Waals surface area (Å²) in [5.41, 5.74) is 12.2. The molecule has 3 N–H and O–H groups in total. The lowest BCUT2D eigenvalue weighted by atomic mass is 10.0. The number of hydrogen-bond acceptors (Lipinski definition) is 5. The monoisotopic (exact) mass is 360 g/mol. The van der Waals surface area contributed by atoms with Gasteiger partial charge in [-0.2, -0.15) is 0 Å². The number of nitrogens with one attached hydrogen (secondary N) is 1. The van der Waals surface area contributed by atoms with Crippen molar-refractivity contribution in [2.75, 3.05) is 24.8 Å². The zero-order valence-electron chi connectivity index (χ0n) is 15.0. The number of nitrogens with two attached hydrogens (primary N) is 1. The summed E-state index contributed by atoms with van der Waals surface area (Å²) in [6.07, 6.45) is 0.474. The Morgan fingerprint density at radius 1 is 1.04 bits per heavy atom. The highest BCUT2D eigenvalue weighted by Crippen LogP contribution is 2.44. The fourth-order valence-corrected chi connectivity index (χ4v) is 3.72. The van der Waals surface area contributed by atoms with Crippen molar-refractivity contribution in [3.8, 4) is 28.4 Å². The summed E-state index contributed by atoms with van der Waals surface area (Å²) in [6, 6.07) is 18.0. The van der Waals surface area contributed by atoms with Crippen LogP contribution in [-0.4, -0.2) is 13.7 Å². The molecule has 2 aliphatic heterocycles. The standard InChI is InChI=1S/C22H20N2O3/c1-25-14-6-7-16-15-4-2-3-5-19(15)24-22(27-21(16)11-14)17-10-13-8-9-26-20(13)12-18(17)23/h2-7,10-12,22,24H,8-9,23H2,1H3. The van der Waals surface area contributed by atoms with Crippen LogP contribution in [0.5, 0.6) is 17.2 Å². The molecule has 1 unspecified atom stereocenters. The van der Waals surface area contributed by atoms with Crippen molar-refractivity contribution < 1.29 is 14.2 Å². The van der Waals surface area contributed by atoms with Crippen molar-refractivity contribution in [3.05, 3.63) is 65.7 Å². The van der Waals surface area contributed by atoms with E-state index in [9.17, 15) is 0 Å². The molecular formula is C22H20N2O3. The predicted molar refractivity (Wildman–Crippen MR) is 105 cm³/mol. The van der Waals surface area contributed by atoms with E-state index in [0.717, 1.165) is 51.6 Å². The lowest BCUT2D eigenvalue weighted by molar-refractivity contribution is 0.238. The first-order valence-electron chi connectivity index (χ1n) is 8.98. The molecule has 5 nitrogen and oxygen atoms in total. The number of nitrogen functional groups attached to an aromatic ring is 1. The fourth-order valence-electron chi connectivity index (χ4n) is 3.72. The third-order valence-corrected chi connectivity index (χ3v) is 5.12.